The van der Waals surface area contributed by atoms with E-state index in [0.29, 0.717) is 19.7 Å². The highest BCUT2D eigenvalue weighted by molar-refractivity contribution is 5.85. The summed E-state index contributed by atoms with van der Waals surface area (Å²) in [4.78, 5) is 14.2. The van der Waals surface area contributed by atoms with Gasteiger partial charge in [0.25, 0.3) is 0 Å². The molecule has 0 atom stereocenters. The van der Waals surface area contributed by atoms with Crippen LogP contribution in [0.25, 0.3) is 11.1 Å². The van der Waals surface area contributed by atoms with Crippen molar-refractivity contribution >= 4 is 18.5 Å². The van der Waals surface area contributed by atoms with E-state index in [-0.39, 0.29) is 30.5 Å². The van der Waals surface area contributed by atoms with Crippen molar-refractivity contribution in [1.29, 1.82) is 0 Å². The minimum atomic E-state index is -0.225. The van der Waals surface area contributed by atoms with Crippen molar-refractivity contribution in [3.05, 3.63) is 59.7 Å². The number of amides is 1. The second-order valence-corrected chi connectivity index (χ2v) is 6.73. The standard InChI is InChI=1S/C20H23N3O2.ClH/c21-22-14-9-11-23(12-10-14)20(24)25-13-19-17-7-3-1-5-15(17)16-6-2-4-8-18(16)19;/h1-8,14,19,22H,9-13,21H2;1H. The molecule has 3 N–H and O–H groups in total. The fourth-order valence-corrected chi connectivity index (χ4v) is 3.91. The van der Waals surface area contributed by atoms with Crippen molar-refractivity contribution in [1.82, 2.24) is 10.3 Å². The van der Waals surface area contributed by atoms with E-state index in [2.05, 4.69) is 41.8 Å². The highest BCUT2D eigenvalue weighted by Gasteiger charge is 2.30. The van der Waals surface area contributed by atoms with E-state index in [0.717, 1.165) is 12.8 Å². The normalized spacial score (nSPS) is 16.6. The molecule has 26 heavy (non-hydrogen) atoms. The number of hydrazine groups is 1. The summed E-state index contributed by atoms with van der Waals surface area (Å²) in [6, 6.07) is 17.0. The number of fused-ring (bicyclic) bond motifs is 3. The number of ether oxygens (including phenoxy) is 1. The minimum Gasteiger partial charge on any atom is -0.448 e. The SMILES string of the molecule is Cl.NNC1CCN(C(=O)OCC2c3ccccc3-c3ccccc32)CC1. The van der Waals surface area contributed by atoms with Crippen molar-refractivity contribution in [2.75, 3.05) is 19.7 Å². The Morgan fingerprint density at radius 3 is 2.12 bits per heavy atom. The monoisotopic (exact) mass is 373 g/mol. The summed E-state index contributed by atoms with van der Waals surface area (Å²) in [5, 5.41) is 0. The van der Waals surface area contributed by atoms with Gasteiger partial charge < -0.3 is 9.64 Å². The first kappa shape index (κ1) is 18.7. The molecule has 5 nitrogen and oxygen atoms in total. The summed E-state index contributed by atoms with van der Waals surface area (Å²) in [7, 11) is 0. The summed E-state index contributed by atoms with van der Waals surface area (Å²) in [5.41, 5.74) is 7.75. The Balaban J connectivity index is 0.00000196. The molecule has 1 heterocycles. The molecule has 2 aliphatic rings. The van der Waals surface area contributed by atoms with Gasteiger partial charge in [0.15, 0.2) is 0 Å². The van der Waals surface area contributed by atoms with Crippen LogP contribution in [0.3, 0.4) is 0 Å². The molecule has 0 unspecified atom stereocenters. The quantitative estimate of drug-likeness (QED) is 0.640. The maximum absolute atomic E-state index is 12.4. The van der Waals surface area contributed by atoms with E-state index in [1.54, 1.807) is 4.90 Å². The third-order valence-electron chi connectivity index (χ3n) is 5.32. The lowest BCUT2D eigenvalue weighted by Gasteiger charge is -2.31. The topological polar surface area (TPSA) is 67.6 Å². The lowest BCUT2D eigenvalue weighted by molar-refractivity contribution is 0.0886. The van der Waals surface area contributed by atoms with Gasteiger partial charge in [-0.2, -0.15) is 0 Å². The number of carbonyl (C=O) groups is 1. The summed E-state index contributed by atoms with van der Waals surface area (Å²) >= 11 is 0. The third-order valence-corrected chi connectivity index (χ3v) is 5.32. The second kappa shape index (κ2) is 8.08. The predicted octanol–water partition coefficient (Wildman–Crippen LogP) is 3.29. The molecule has 0 spiro atoms. The van der Waals surface area contributed by atoms with Crippen molar-refractivity contribution in [2.24, 2.45) is 5.84 Å². The smallest absolute Gasteiger partial charge is 0.409 e. The summed E-state index contributed by atoms with van der Waals surface area (Å²) in [6.45, 7) is 1.75. The molecule has 2 aromatic carbocycles. The first-order valence-corrected chi connectivity index (χ1v) is 8.84. The number of hydrogen-bond acceptors (Lipinski definition) is 4. The van der Waals surface area contributed by atoms with Crippen molar-refractivity contribution in [3.8, 4) is 11.1 Å². The number of hydrogen-bond donors (Lipinski definition) is 2. The molecule has 138 valence electrons. The molecule has 1 fully saturated rings. The fraction of sp³-hybridized carbons (Fsp3) is 0.350. The number of nitrogens with two attached hydrogens (primary N) is 1. The number of nitrogens with zero attached hydrogens (tertiary/aromatic N) is 1. The Labute approximate surface area is 159 Å². The number of benzene rings is 2. The Kier molecular flexibility index (Phi) is 5.81. The molecule has 2 aromatic rings. The molecule has 4 rings (SSSR count). The zero-order chi connectivity index (χ0) is 17.2. The molecule has 1 amide bonds. The highest BCUT2D eigenvalue weighted by atomic mass is 35.5. The minimum absolute atomic E-state index is 0. The predicted molar refractivity (Wildman–Crippen MR) is 104 cm³/mol. The molecule has 1 saturated heterocycles. The van der Waals surface area contributed by atoms with Crippen molar-refractivity contribution < 1.29 is 9.53 Å². The first-order valence-electron chi connectivity index (χ1n) is 8.84. The molecule has 0 radical (unpaired) electrons. The third kappa shape index (κ3) is 3.43. The maximum atomic E-state index is 12.4. The van der Waals surface area contributed by atoms with E-state index in [1.807, 2.05) is 12.1 Å². The summed E-state index contributed by atoms with van der Waals surface area (Å²) in [5.74, 6) is 5.58. The molecule has 1 aliphatic carbocycles. The van der Waals surface area contributed by atoms with Crippen LogP contribution in [0.2, 0.25) is 0 Å². The zero-order valence-electron chi connectivity index (χ0n) is 14.6. The van der Waals surface area contributed by atoms with E-state index in [9.17, 15) is 4.79 Å². The number of halogens is 1. The van der Waals surface area contributed by atoms with Crippen LogP contribution in [0.5, 0.6) is 0 Å². The molecular weight excluding hydrogens is 350 g/mol. The first-order chi connectivity index (χ1) is 12.3. The maximum Gasteiger partial charge on any atom is 0.409 e. The molecular formula is C20H24ClN3O2. The van der Waals surface area contributed by atoms with Gasteiger partial charge in [0.1, 0.15) is 6.61 Å². The number of likely N-dealkylation sites (tertiary alicyclic amines) is 1. The summed E-state index contributed by atoms with van der Waals surface area (Å²) < 4.78 is 5.68. The van der Waals surface area contributed by atoms with E-state index in [4.69, 9.17) is 10.6 Å². The molecule has 0 aromatic heterocycles. The largest absolute Gasteiger partial charge is 0.448 e. The molecule has 6 heteroatoms. The fourth-order valence-electron chi connectivity index (χ4n) is 3.91. The lowest BCUT2D eigenvalue weighted by Crippen LogP contribution is -2.47. The summed E-state index contributed by atoms with van der Waals surface area (Å²) in [6.07, 6.45) is 1.50. The van der Waals surface area contributed by atoms with Crippen LogP contribution in [0.15, 0.2) is 48.5 Å². The van der Waals surface area contributed by atoms with Gasteiger partial charge in [0.05, 0.1) is 0 Å². The second-order valence-electron chi connectivity index (χ2n) is 6.73. The van der Waals surface area contributed by atoms with Gasteiger partial charge in [0, 0.05) is 25.0 Å². The highest BCUT2D eigenvalue weighted by Crippen LogP contribution is 2.44. The van der Waals surface area contributed by atoms with Gasteiger partial charge in [-0.3, -0.25) is 11.3 Å². The number of piperidine rings is 1. The van der Waals surface area contributed by atoms with Crippen LogP contribution in [0, 0.1) is 0 Å². The molecule has 1 aliphatic heterocycles. The van der Waals surface area contributed by atoms with Gasteiger partial charge in [-0.25, -0.2) is 4.79 Å². The zero-order valence-corrected chi connectivity index (χ0v) is 15.4. The van der Waals surface area contributed by atoms with Crippen LogP contribution in [0.1, 0.15) is 29.9 Å². The Morgan fingerprint density at radius 1 is 1.04 bits per heavy atom. The lowest BCUT2D eigenvalue weighted by atomic mass is 9.98. The van der Waals surface area contributed by atoms with Crippen molar-refractivity contribution in [3.63, 3.8) is 0 Å². The van der Waals surface area contributed by atoms with Gasteiger partial charge in [-0.15, -0.1) is 12.4 Å². The van der Waals surface area contributed by atoms with Gasteiger partial charge >= 0.3 is 6.09 Å². The van der Waals surface area contributed by atoms with E-state index in [1.165, 1.54) is 22.3 Å². The average molecular weight is 374 g/mol. The van der Waals surface area contributed by atoms with Crippen LogP contribution in [-0.4, -0.2) is 36.7 Å². The number of rotatable bonds is 3. The Morgan fingerprint density at radius 2 is 1.58 bits per heavy atom. The van der Waals surface area contributed by atoms with Crippen LogP contribution in [-0.2, 0) is 4.74 Å². The Bertz CT molecular complexity index is 730. The average Bonchev–Trinajstić information content (AvgIpc) is 3.00. The van der Waals surface area contributed by atoms with Gasteiger partial charge in [-0.1, -0.05) is 48.5 Å². The Hall–Kier alpha value is -2.08. The number of nitrogens with one attached hydrogen (secondary N) is 1. The van der Waals surface area contributed by atoms with Gasteiger partial charge in [-0.05, 0) is 35.1 Å². The van der Waals surface area contributed by atoms with E-state index < -0.39 is 0 Å². The van der Waals surface area contributed by atoms with E-state index >= 15 is 0 Å². The van der Waals surface area contributed by atoms with Crippen LogP contribution < -0.4 is 11.3 Å². The molecule has 0 saturated carbocycles. The van der Waals surface area contributed by atoms with Crippen LogP contribution in [0.4, 0.5) is 4.79 Å². The molecule has 0 bridgehead atoms. The number of carbonyl (C=O) groups excluding carboxylic acids is 1. The van der Waals surface area contributed by atoms with Crippen molar-refractivity contribution in [2.45, 2.75) is 24.8 Å². The van der Waals surface area contributed by atoms with Crippen LogP contribution >= 0.6 is 12.4 Å². The van der Waals surface area contributed by atoms with Gasteiger partial charge in [0.2, 0.25) is 0 Å².